The van der Waals surface area contributed by atoms with Crippen molar-refractivity contribution in [2.24, 2.45) is 0 Å². The van der Waals surface area contributed by atoms with Crippen LogP contribution in [0.15, 0.2) is 103 Å². The second-order valence-corrected chi connectivity index (χ2v) is 16.8. The van der Waals surface area contributed by atoms with Crippen molar-refractivity contribution in [2.45, 2.75) is 105 Å². The first-order chi connectivity index (χ1) is 22.5. The molecule has 0 saturated carbocycles. The fourth-order valence-electron chi connectivity index (χ4n) is 6.51. The summed E-state index contributed by atoms with van der Waals surface area (Å²) in [5.41, 5.74) is 13.5. The van der Waals surface area contributed by atoms with Gasteiger partial charge in [-0.3, -0.25) is 0 Å². The minimum absolute atomic E-state index is 0.00753. The standard InChI is InChI=1S/C46H53NO/c1-12-30(2)33-17-23-40-42(28-33)48-43-29-38(46(9,10)11)22-24-41(43)47(40)39-26-34(31-13-18-36(19-14-31)44(3,4)5)25-35(27-39)32-15-20-37(21-16-32)45(6,7)8/h13-30H,12H2,1-11H3. The summed E-state index contributed by atoms with van der Waals surface area (Å²) in [6.07, 6.45) is 1.08. The summed E-state index contributed by atoms with van der Waals surface area (Å²) >= 11 is 0. The molecule has 0 aromatic heterocycles. The topological polar surface area (TPSA) is 12.5 Å². The number of fused-ring (bicyclic) bond motifs is 2. The van der Waals surface area contributed by atoms with Gasteiger partial charge in [-0.15, -0.1) is 0 Å². The zero-order valence-corrected chi connectivity index (χ0v) is 31.0. The summed E-state index contributed by atoms with van der Waals surface area (Å²) in [4.78, 5) is 2.40. The molecule has 0 aliphatic carbocycles. The van der Waals surface area contributed by atoms with Crippen molar-refractivity contribution >= 4 is 17.1 Å². The quantitative estimate of drug-likeness (QED) is 0.187. The fourth-order valence-corrected chi connectivity index (χ4v) is 6.51. The molecule has 0 radical (unpaired) electrons. The molecule has 6 rings (SSSR count). The maximum absolute atomic E-state index is 6.78. The minimum atomic E-state index is 0.00753. The lowest BCUT2D eigenvalue weighted by molar-refractivity contribution is 0.471. The summed E-state index contributed by atoms with van der Waals surface area (Å²) in [6.45, 7) is 24.9. The van der Waals surface area contributed by atoms with E-state index in [1.54, 1.807) is 0 Å². The summed E-state index contributed by atoms with van der Waals surface area (Å²) in [7, 11) is 0. The van der Waals surface area contributed by atoms with E-state index in [0.29, 0.717) is 5.92 Å². The Kier molecular flexibility index (Phi) is 8.61. The average molecular weight is 636 g/mol. The van der Waals surface area contributed by atoms with Crippen molar-refractivity contribution in [3.8, 4) is 33.8 Å². The first-order valence-corrected chi connectivity index (χ1v) is 17.7. The molecule has 1 aliphatic heterocycles. The monoisotopic (exact) mass is 635 g/mol. The highest BCUT2D eigenvalue weighted by atomic mass is 16.5. The molecular formula is C46H53NO. The van der Waals surface area contributed by atoms with Crippen molar-refractivity contribution in [3.05, 3.63) is 125 Å². The van der Waals surface area contributed by atoms with E-state index in [0.717, 1.165) is 35.0 Å². The van der Waals surface area contributed by atoms with Crippen LogP contribution in [0.4, 0.5) is 17.1 Å². The number of anilines is 3. The van der Waals surface area contributed by atoms with Crippen LogP contribution in [0.1, 0.15) is 111 Å². The maximum Gasteiger partial charge on any atom is 0.151 e. The lowest BCUT2D eigenvalue weighted by atomic mass is 9.85. The van der Waals surface area contributed by atoms with E-state index in [1.807, 2.05) is 0 Å². The van der Waals surface area contributed by atoms with Crippen molar-refractivity contribution < 1.29 is 4.74 Å². The smallest absolute Gasteiger partial charge is 0.151 e. The molecule has 0 N–H and O–H groups in total. The van der Waals surface area contributed by atoms with Gasteiger partial charge >= 0.3 is 0 Å². The van der Waals surface area contributed by atoms with Gasteiger partial charge < -0.3 is 9.64 Å². The molecule has 1 atom stereocenters. The van der Waals surface area contributed by atoms with Crippen LogP contribution in [0.5, 0.6) is 11.5 Å². The van der Waals surface area contributed by atoms with Crippen molar-refractivity contribution in [1.82, 2.24) is 0 Å². The van der Waals surface area contributed by atoms with Gasteiger partial charge in [0.15, 0.2) is 11.5 Å². The Morgan fingerprint density at radius 3 is 1.40 bits per heavy atom. The van der Waals surface area contributed by atoms with Crippen LogP contribution in [0.3, 0.4) is 0 Å². The molecule has 0 saturated heterocycles. The number of rotatable bonds is 5. The summed E-state index contributed by atoms with van der Waals surface area (Å²) in [6, 6.07) is 38.8. The third-order valence-electron chi connectivity index (χ3n) is 10.0. The third-order valence-corrected chi connectivity index (χ3v) is 10.0. The van der Waals surface area contributed by atoms with E-state index in [9.17, 15) is 0 Å². The van der Waals surface area contributed by atoms with Crippen molar-refractivity contribution in [1.29, 1.82) is 0 Å². The molecule has 1 unspecified atom stereocenters. The maximum atomic E-state index is 6.78. The molecule has 5 aromatic rings. The molecule has 0 amide bonds. The molecule has 2 heteroatoms. The van der Waals surface area contributed by atoms with Crippen LogP contribution in [0, 0.1) is 0 Å². The van der Waals surface area contributed by atoms with E-state index >= 15 is 0 Å². The van der Waals surface area contributed by atoms with E-state index in [-0.39, 0.29) is 16.2 Å². The van der Waals surface area contributed by atoms with Gasteiger partial charge in [0.05, 0.1) is 11.4 Å². The molecule has 248 valence electrons. The molecular weight excluding hydrogens is 583 g/mol. The van der Waals surface area contributed by atoms with E-state index in [1.165, 1.54) is 44.5 Å². The summed E-state index contributed by atoms with van der Waals surface area (Å²) in [5.74, 6) is 2.26. The van der Waals surface area contributed by atoms with Crippen molar-refractivity contribution in [3.63, 3.8) is 0 Å². The SMILES string of the molecule is CCC(C)c1ccc2c(c1)Oc1cc(C(C)(C)C)ccc1N2c1cc(-c2ccc(C(C)(C)C)cc2)cc(-c2ccc(C(C)(C)C)cc2)c1. The Balaban J connectivity index is 1.58. The Morgan fingerprint density at radius 1 is 0.500 bits per heavy atom. The highest BCUT2D eigenvalue weighted by molar-refractivity contribution is 5.90. The number of nitrogens with zero attached hydrogens (tertiary/aromatic N) is 1. The average Bonchev–Trinajstić information content (AvgIpc) is 3.05. The molecule has 1 aliphatic rings. The van der Waals surface area contributed by atoms with Gasteiger partial charge in [-0.2, -0.15) is 0 Å². The second-order valence-electron chi connectivity index (χ2n) is 16.8. The first-order valence-electron chi connectivity index (χ1n) is 17.7. The Hall–Kier alpha value is -4.30. The van der Waals surface area contributed by atoms with Gasteiger partial charge in [0.25, 0.3) is 0 Å². The highest BCUT2D eigenvalue weighted by Crippen LogP contribution is 2.53. The molecule has 0 bridgehead atoms. The lowest BCUT2D eigenvalue weighted by Gasteiger charge is -2.35. The van der Waals surface area contributed by atoms with Crippen molar-refractivity contribution in [2.75, 3.05) is 4.90 Å². The highest BCUT2D eigenvalue weighted by Gasteiger charge is 2.29. The van der Waals surface area contributed by atoms with Gasteiger partial charge in [-0.25, -0.2) is 0 Å². The van der Waals surface area contributed by atoms with Gasteiger partial charge in [-0.05, 0) is 116 Å². The van der Waals surface area contributed by atoms with E-state index < -0.39 is 0 Å². The normalized spacial score (nSPS) is 13.9. The zero-order valence-electron chi connectivity index (χ0n) is 31.0. The van der Waals surface area contributed by atoms with Crippen LogP contribution in [-0.4, -0.2) is 0 Å². The molecule has 5 aromatic carbocycles. The van der Waals surface area contributed by atoms with E-state index in [4.69, 9.17) is 4.74 Å². The fraction of sp³-hybridized carbons (Fsp3) is 0.348. The first kappa shape index (κ1) is 33.6. The van der Waals surface area contributed by atoms with Gasteiger partial charge in [-0.1, -0.05) is 137 Å². The van der Waals surface area contributed by atoms with Gasteiger partial charge in [0.2, 0.25) is 0 Å². The Morgan fingerprint density at radius 2 is 0.938 bits per heavy atom. The predicted molar refractivity (Wildman–Crippen MR) is 207 cm³/mol. The number of benzene rings is 5. The number of hydrogen-bond acceptors (Lipinski definition) is 2. The van der Waals surface area contributed by atoms with E-state index in [2.05, 4.69) is 184 Å². The van der Waals surface area contributed by atoms with Crippen LogP contribution in [-0.2, 0) is 16.2 Å². The Labute approximate surface area is 289 Å². The van der Waals surface area contributed by atoms with Crippen LogP contribution in [0.25, 0.3) is 22.3 Å². The molecule has 0 spiro atoms. The van der Waals surface area contributed by atoms with Gasteiger partial charge in [0.1, 0.15) is 0 Å². The third kappa shape index (κ3) is 6.68. The molecule has 1 heterocycles. The zero-order chi connectivity index (χ0) is 34.6. The Bertz CT molecular complexity index is 1850. The summed E-state index contributed by atoms with van der Waals surface area (Å²) in [5, 5.41) is 0. The van der Waals surface area contributed by atoms with Gasteiger partial charge in [0, 0.05) is 5.69 Å². The largest absolute Gasteiger partial charge is 0.453 e. The van der Waals surface area contributed by atoms with Crippen LogP contribution in [0.2, 0.25) is 0 Å². The minimum Gasteiger partial charge on any atom is -0.453 e. The number of hydrogen-bond donors (Lipinski definition) is 0. The molecule has 2 nitrogen and oxygen atoms in total. The lowest BCUT2D eigenvalue weighted by Crippen LogP contribution is -2.18. The molecule has 0 fully saturated rings. The second kappa shape index (κ2) is 12.3. The van der Waals surface area contributed by atoms with Crippen LogP contribution < -0.4 is 9.64 Å². The molecule has 48 heavy (non-hydrogen) atoms. The number of ether oxygens (including phenoxy) is 1. The van der Waals surface area contributed by atoms with Crippen LogP contribution >= 0.6 is 0 Å². The predicted octanol–water partition coefficient (Wildman–Crippen LogP) is 14.0. The summed E-state index contributed by atoms with van der Waals surface area (Å²) < 4.78 is 6.78.